The maximum atomic E-state index is 12.4. The van der Waals surface area contributed by atoms with Crippen LogP contribution >= 0.6 is 12.2 Å². The molecule has 0 radical (unpaired) electrons. The molecule has 1 amide bonds. The lowest BCUT2D eigenvalue weighted by Crippen LogP contribution is -2.38. The average molecular weight is 339 g/mol. The fourth-order valence-electron chi connectivity index (χ4n) is 1.96. The third-order valence-electron chi connectivity index (χ3n) is 3.27. The lowest BCUT2D eigenvalue weighted by atomic mass is 10.1. The first-order valence-electron chi connectivity index (χ1n) is 6.61. The summed E-state index contributed by atoms with van der Waals surface area (Å²) < 4.78 is 16.5. The number of hydrogen-bond donors (Lipinski definition) is 1. The van der Waals surface area contributed by atoms with Crippen LogP contribution in [0.3, 0.4) is 0 Å². The van der Waals surface area contributed by atoms with Crippen LogP contribution in [0.15, 0.2) is 28.7 Å². The van der Waals surface area contributed by atoms with E-state index in [9.17, 15) is 9.00 Å². The molecule has 0 aliphatic heterocycles. The highest BCUT2D eigenvalue weighted by Gasteiger charge is 2.18. The summed E-state index contributed by atoms with van der Waals surface area (Å²) in [6, 6.07) is 6.81. The second-order valence-electron chi connectivity index (χ2n) is 5.00. The van der Waals surface area contributed by atoms with Crippen molar-refractivity contribution in [1.29, 1.82) is 0 Å². The number of hydrogen-bond acceptors (Lipinski definition) is 5. The molecule has 1 N–H and O–H groups in total. The highest BCUT2D eigenvalue weighted by atomic mass is 32.2. The number of aromatic nitrogens is 2. The number of aromatic amines is 1. The van der Waals surface area contributed by atoms with Crippen LogP contribution in [0, 0.1) is 4.84 Å². The summed E-state index contributed by atoms with van der Waals surface area (Å²) in [5.41, 5.74) is 1.28. The zero-order chi connectivity index (χ0) is 16.3. The molecule has 1 aromatic carbocycles. The Kier molecular flexibility index (Phi) is 5.25. The zero-order valence-corrected chi connectivity index (χ0v) is 14.2. The topological polar surface area (TPSA) is 79.2 Å². The zero-order valence-electron chi connectivity index (χ0n) is 12.5. The van der Waals surface area contributed by atoms with E-state index in [4.69, 9.17) is 16.6 Å². The van der Waals surface area contributed by atoms with Gasteiger partial charge in [0.05, 0.1) is 0 Å². The van der Waals surface area contributed by atoms with Crippen LogP contribution < -0.4 is 0 Å². The van der Waals surface area contributed by atoms with Crippen molar-refractivity contribution in [3.05, 3.63) is 34.7 Å². The van der Waals surface area contributed by atoms with Gasteiger partial charge in [0.2, 0.25) is 5.89 Å². The Hall–Kier alpha value is -1.80. The first kappa shape index (κ1) is 16.6. The summed E-state index contributed by atoms with van der Waals surface area (Å²) in [4.78, 5) is 14.2. The molecule has 0 aliphatic carbocycles. The second-order valence-corrected chi connectivity index (χ2v) is 6.85. The molecule has 22 heavy (non-hydrogen) atoms. The predicted octanol–water partition coefficient (Wildman–Crippen LogP) is 2.24. The summed E-state index contributed by atoms with van der Waals surface area (Å²) >= 11 is 4.83. The highest BCUT2D eigenvalue weighted by Crippen LogP contribution is 2.18. The van der Waals surface area contributed by atoms with Crippen molar-refractivity contribution in [1.82, 2.24) is 15.1 Å². The van der Waals surface area contributed by atoms with Gasteiger partial charge >= 0.3 is 0 Å². The van der Waals surface area contributed by atoms with Gasteiger partial charge in [0.1, 0.15) is 0 Å². The average Bonchev–Trinajstić information content (AvgIpc) is 2.91. The third kappa shape index (κ3) is 3.89. The van der Waals surface area contributed by atoms with E-state index in [0.717, 1.165) is 5.56 Å². The molecule has 6 nitrogen and oxygen atoms in total. The van der Waals surface area contributed by atoms with E-state index in [-0.39, 0.29) is 16.8 Å². The van der Waals surface area contributed by atoms with E-state index < -0.39 is 10.8 Å². The van der Waals surface area contributed by atoms with E-state index in [1.807, 2.05) is 6.92 Å². The van der Waals surface area contributed by atoms with E-state index in [1.165, 1.54) is 0 Å². The predicted molar refractivity (Wildman–Crippen MR) is 87.6 cm³/mol. The maximum absolute atomic E-state index is 12.4. The summed E-state index contributed by atoms with van der Waals surface area (Å²) in [6.45, 7) is 1.88. The molecular weight excluding hydrogens is 322 g/mol. The lowest BCUT2D eigenvalue weighted by molar-refractivity contribution is 0.0757. The molecule has 2 atom stereocenters. The van der Waals surface area contributed by atoms with Gasteiger partial charge in [-0.2, -0.15) is 0 Å². The number of carbonyl (C=O) groups excluding carboxylic acids is 1. The van der Waals surface area contributed by atoms with Crippen molar-refractivity contribution < 1.29 is 13.4 Å². The Labute approximate surface area is 136 Å². The Morgan fingerprint density at radius 1 is 1.45 bits per heavy atom. The van der Waals surface area contributed by atoms with E-state index in [0.29, 0.717) is 17.2 Å². The Bertz CT molecular complexity index is 736. The van der Waals surface area contributed by atoms with Gasteiger partial charge in [-0.05, 0) is 43.4 Å². The molecule has 1 aromatic heterocycles. The van der Waals surface area contributed by atoms with Gasteiger partial charge in [0.25, 0.3) is 10.7 Å². The molecule has 0 saturated heterocycles. The van der Waals surface area contributed by atoms with Crippen molar-refractivity contribution in [2.45, 2.75) is 13.0 Å². The number of nitrogens with one attached hydrogen (secondary N) is 1. The lowest BCUT2D eigenvalue weighted by Gasteiger charge is -2.24. The molecule has 2 aromatic rings. The van der Waals surface area contributed by atoms with Gasteiger partial charge < -0.3 is 9.32 Å². The molecule has 118 valence electrons. The molecule has 0 bridgehead atoms. The molecule has 1 heterocycles. The van der Waals surface area contributed by atoms with Gasteiger partial charge in [-0.1, -0.05) is 0 Å². The van der Waals surface area contributed by atoms with Crippen LogP contribution in [0.4, 0.5) is 0 Å². The number of nitrogens with zero attached hydrogens (tertiary/aromatic N) is 2. The maximum Gasteiger partial charge on any atom is 0.284 e. The number of carbonyl (C=O) groups is 1. The van der Waals surface area contributed by atoms with Crippen molar-refractivity contribution in [2.75, 3.05) is 19.1 Å². The Balaban J connectivity index is 2.14. The summed E-state index contributed by atoms with van der Waals surface area (Å²) in [7, 11) is 0.765. The number of benzene rings is 1. The van der Waals surface area contributed by atoms with Gasteiger partial charge in [0, 0.05) is 47.0 Å². The van der Waals surface area contributed by atoms with Gasteiger partial charge in [-0.25, -0.2) is 5.10 Å². The molecule has 0 fully saturated rings. The molecule has 2 rings (SSSR count). The van der Waals surface area contributed by atoms with Crippen molar-refractivity contribution in [3.8, 4) is 11.5 Å². The quantitative estimate of drug-likeness (QED) is 0.845. The van der Waals surface area contributed by atoms with Crippen molar-refractivity contribution >= 4 is 28.9 Å². The minimum Gasteiger partial charge on any atom is -0.409 e. The van der Waals surface area contributed by atoms with E-state index >= 15 is 0 Å². The third-order valence-corrected chi connectivity index (χ3v) is 4.40. The largest absolute Gasteiger partial charge is 0.409 e. The van der Waals surface area contributed by atoms with Crippen LogP contribution in [0.5, 0.6) is 0 Å². The number of H-pyrrole nitrogens is 1. The summed E-state index contributed by atoms with van der Waals surface area (Å²) in [6.07, 6.45) is 1.63. The SMILES string of the molecule is C[C@H](C[S@@](C)=O)N(C)C(=O)c1ccc(-c2n[nH]c(=S)o2)cc1. The molecular formula is C14H17N3O3S2. The van der Waals surface area contributed by atoms with Crippen molar-refractivity contribution in [3.63, 3.8) is 0 Å². The van der Waals surface area contributed by atoms with Crippen molar-refractivity contribution in [2.24, 2.45) is 0 Å². The monoisotopic (exact) mass is 339 g/mol. The summed E-state index contributed by atoms with van der Waals surface area (Å²) in [5.74, 6) is 0.716. The van der Waals surface area contributed by atoms with Gasteiger partial charge in [-0.3, -0.25) is 9.00 Å². The standard InChI is InChI=1S/C14H17N3O3S2/c1-9(8-22(3)19)17(2)13(18)11-6-4-10(5-7-11)12-15-16-14(21)20-12/h4-7,9H,8H2,1-3H3,(H,16,21)/t9-,22-/m1/s1. The smallest absolute Gasteiger partial charge is 0.284 e. The van der Waals surface area contributed by atoms with E-state index in [1.54, 1.807) is 42.5 Å². The van der Waals surface area contributed by atoms with Crippen LogP contribution in [0.2, 0.25) is 0 Å². The van der Waals surface area contributed by atoms with E-state index in [2.05, 4.69) is 10.2 Å². The minimum atomic E-state index is -0.943. The normalized spacial score (nSPS) is 13.6. The molecule has 0 aliphatic rings. The fraction of sp³-hybridized carbons (Fsp3) is 0.357. The molecule has 8 heteroatoms. The van der Waals surface area contributed by atoms with Crippen LogP contribution in [-0.4, -0.2) is 50.3 Å². The fourth-order valence-corrected chi connectivity index (χ4v) is 2.99. The summed E-state index contributed by atoms with van der Waals surface area (Å²) in [5, 5.41) is 6.48. The van der Waals surface area contributed by atoms with Crippen LogP contribution in [0.25, 0.3) is 11.5 Å². The first-order chi connectivity index (χ1) is 10.4. The molecule has 0 saturated carbocycles. The Morgan fingerprint density at radius 2 is 2.09 bits per heavy atom. The Morgan fingerprint density at radius 3 is 2.59 bits per heavy atom. The first-order valence-corrected chi connectivity index (χ1v) is 8.75. The highest BCUT2D eigenvalue weighted by molar-refractivity contribution is 7.84. The molecule has 0 unspecified atom stereocenters. The minimum absolute atomic E-state index is 0.0953. The number of amides is 1. The van der Waals surface area contributed by atoms with Gasteiger partial charge in [0.15, 0.2) is 0 Å². The van der Waals surface area contributed by atoms with Gasteiger partial charge in [-0.15, -0.1) is 5.10 Å². The molecule has 0 spiro atoms. The second kappa shape index (κ2) is 6.97. The number of rotatable bonds is 5. The van der Waals surface area contributed by atoms with Crippen LogP contribution in [0.1, 0.15) is 17.3 Å². The van der Waals surface area contributed by atoms with Crippen LogP contribution in [-0.2, 0) is 10.8 Å².